The van der Waals surface area contributed by atoms with E-state index in [1.807, 2.05) is 55.6 Å². The third kappa shape index (κ3) is 4.91. The summed E-state index contributed by atoms with van der Waals surface area (Å²) >= 11 is 12.5. The molecule has 1 N–H and O–H groups in total. The van der Waals surface area contributed by atoms with Gasteiger partial charge in [-0.1, -0.05) is 60.5 Å². The molecule has 1 heterocycles. The van der Waals surface area contributed by atoms with Crippen molar-refractivity contribution < 1.29 is 4.79 Å². The average Bonchev–Trinajstić information content (AvgIpc) is 2.74. The molecule has 0 spiro atoms. The van der Waals surface area contributed by atoms with Crippen molar-refractivity contribution in [2.45, 2.75) is 44.2 Å². The lowest BCUT2D eigenvalue weighted by atomic mass is 9.74. The lowest BCUT2D eigenvalue weighted by molar-refractivity contribution is -0.146. The number of allylic oxidation sites excluding steroid dienone is 1. The second kappa shape index (κ2) is 10.5. The zero-order valence-corrected chi connectivity index (χ0v) is 19.2. The van der Waals surface area contributed by atoms with Crippen molar-refractivity contribution in [3.05, 3.63) is 82.4 Å². The average molecular weight is 445 g/mol. The minimum absolute atomic E-state index is 0.0763. The zero-order chi connectivity index (χ0) is 21.7. The maximum absolute atomic E-state index is 13.7. The fourth-order valence-electron chi connectivity index (χ4n) is 4.67. The van der Waals surface area contributed by atoms with E-state index in [0.717, 1.165) is 30.5 Å². The molecule has 4 atom stereocenters. The first-order valence-electron chi connectivity index (χ1n) is 10.6. The van der Waals surface area contributed by atoms with E-state index in [2.05, 4.69) is 29.8 Å². The first-order valence-corrected chi connectivity index (χ1v) is 11.3. The maximum atomic E-state index is 13.7. The van der Waals surface area contributed by atoms with Crippen molar-refractivity contribution in [1.29, 1.82) is 0 Å². The number of hydrogen-bond acceptors (Lipinski definition) is 2. The molecule has 2 aromatic carbocycles. The molecule has 1 aliphatic rings. The number of likely N-dealkylation sites (N-methyl/N-ethyl adjacent to an activating group) is 1. The molecular weight excluding hydrogens is 415 g/mol. The Bertz CT molecular complexity index is 868. The molecule has 1 fully saturated rings. The second-order valence-electron chi connectivity index (χ2n) is 7.98. The third-order valence-corrected chi connectivity index (χ3v) is 6.55. The molecule has 0 aromatic heterocycles. The van der Waals surface area contributed by atoms with Gasteiger partial charge >= 0.3 is 0 Å². The Morgan fingerprint density at radius 2 is 1.90 bits per heavy atom. The SMILES string of the molecule is C=CC[C@@H]1C[C@H](c2cccc(Cl)c2)C(c2ccc(Cl)cc2)N(C(CC)CNC)C1=O. The summed E-state index contributed by atoms with van der Waals surface area (Å²) in [5, 5.41) is 4.68. The van der Waals surface area contributed by atoms with E-state index < -0.39 is 0 Å². The van der Waals surface area contributed by atoms with Crippen LogP contribution in [0.3, 0.4) is 0 Å². The number of carbonyl (C=O) groups excluding carboxylic acids is 1. The van der Waals surface area contributed by atoms with E-state index in [-0.39, 0.29) is 29.8 Å². The zero-order valence-electron chi connectivity index (χ0n) is 17.7. The molecular formula is C25H30Cl2N2O. The number of rotatable bonds is 8. The second-order valence-corrected chi connectivity index (χ2v) is 8.85. The molecule has 3 nitrogen and oxygen atoms in total. The van der Waals surface area contributed by atoms with E-state index >= 15 is 0 Å². The summed E-state index contributed by atoms with van der Waals surface area (Å²) in [6, 6.07) is 16.0. The van der Waals surface area contributed by atoms with Crippen LogP contribution in [0, 0.1) is 5.92 Å². The van der Waals surface area contributed by atoms with Crippen molar-refractivity contribution in [3.63, 3.8) is 0 Å². The number of likely N-dealkylation sites (tertiary alicyclic amines) is 1. The Labute approximate surface area is 190 Å². The normalized spacial score (nSPS) is 22.7. The maximum Gasteiger partial charge on any atom is 0.226 e. The molecule has 2 unspecified atom stereocenters. The fraction of sp³-hybridized carbons (Fsp3) is 0.400. The Balaban J connectivity index is 2.16. The summed E-state index contributed by atoms with van der Waals surface area (Å²) in [4.78, 5) is 15.8. The van der Waals surface area contributed by atoms with Crippen molar-refractivity contribution in [3.8, 4) is 0 Å². The van der Waals surface area contributed by atoms with Crippen LogP contribution in [0.2, 0.25) is 10.0 Å². The minimum atomic E-state index is -0.0825. The van der Waals surface area contributed by atoms with Crippen LogP contribution in [0.4, 0.5) is 0 Å². The lowest BCUT2D eigenvalue weighted by Crippen LogP contribution is -2.53. The summed E-state index contributed by atoms with van der Waals surface area (Å²) in [6.07, 6.45) is 4.18. The van der Waals surface area contributed by atoms with Gasteiger partial charge in [0.25, 0.3) is 0 Å². The molecule has 1 amide bonds. The monoisotopic (exact) mass is 444 g/mol. The van der Waals surface area contributed by atoms with Gasteiger partial charge in [-0.15, -0.1) is 6.58 Å². The van der Waals surface area contributed by atoms with Crippen molar-refractivity contribution in [2.24, 2.45) is 5.92 Å². The fourth-order valence-corrected chi connectivity index (χ4v) is 4.99. The molecule has 5 heteroatoms. The van der Waals surface area contributed by atoms with Crippen molar-refractivity contribution in [1.82, 2.24) is 10.2 Å². The molecule has 0 saturated carbocycles. The molecule has 2 aromatic rings. The Hall–Kier alpha value is -1.81. The highest BCUT2D eigenvalue weighted by Crippen LogP contribution is 2.47. The van der Waals surface area contributed by atoms with E-state index in [0.29, 0.717) is 16.5 Å². The van der Waals surface area contributed by atoms with Gasteiger partial charge in [0, 0.05) is 34.5 Å². The molecule has 0 aliphatic carbocycles. The van der Waals surface area contributed by atoms with Crippen LogP contribution in [0.25, 0.3) is 0 Å². The van der Waals surface area contributed by atoms with Gasteiger partial charge in [0.2, 0.25) is 5.91 Å². The topological polar surface area (TPSA) is 32.3 Å². The molecule has 30 heavy (non-hydrogen) atoms. The van der Waals surface area contributed by atoms with Gasteiger partial charge in [0.15, 0.2) is 0 Å². The standard InChI is InChI=1S/C25H30Cl2N2O/c1-4-7-19-15-23(18-8-6-9-21(27)14-18)24(17-10-12-20(26)13-11-17)29(25(19)30)22(5-2)16-28-3/h4,6,8-14,19,22-24,28H,1,5,7,15-16H2,2-3H3/t19-,22?,23-,24?/m1/s1. The third-order valence-electron chi connectivity index (χ3n) is 6.07. The summed E-state index contributed by atoms with van der Waals surface area (Å²) < 4.78 is 0. The quantitative estimate of drug-likeness (QED) is 0.488. The molecule has 1 aliphatic heterocycles. The van der Waals surface area contributed by atoms with Crippen LogP contribution < -0.4 is 5.32 Å². The van der Waals surface area contributed by atoms with E-state index in [1.54, 1.807) is 0 Å². The highest BCUT2D eigenvalue weighted by molar-refractivity contribution is 6.30. The van der Waals surface area contributed by atoms with Gasteiger partial charge in [0.1, 0.15) is 0 Å². The van der Waals surface area contributed by atoms with Crippen molar-refractivity contribution in [2.75, 3.05) is 13.6 Å². The van der Waals surface area contributed by atoms with Crippen LogP contribution in [0.15, 0.2) is 61.2 Å². The number of nitrogens with zero attached hydrogens (tertiary/aromatic N) is 1. The Morgan fingerprint density at radius 3 is 2.50 bits per heavy atom. The number of piperidine rings is 1. The van der Waals surface area contributed by atoms with Crippen LogP contribution in [-0.2, 0) is 4.79 Å². The number of benzene rings is 2. The van der Waals surface area contributed by atoms with Crippen LogP contribution in [0.1, 0.15) is 49.3 Å². The lowest BCUT2D eigenvalue weighted by Gasteiger charge is -2.48. The van der Waals surface area contributed by atoms with Gasteiger partial charge < -0.3 is 10.2 Å². The molecule has 0 radical (unpaired) electrons. The predicted octanol–water partition coefficient (Wildman–Crippen LogP) is 6.24. The molecule has 1 saturated heterocycles. The van der Waals surface area contributed by atoms with Crippen LogP contribution in [-0.4, -0.2) is 30.4 Å². The summed E-state index contributed by atoms with van der Waals surface area (Å²) in [5.41, 5.74) is 2.26. The van der Waals surface area contributed by atoms with Gasteiger partial charge in [-0.2, -0.15) is 0 Å². The van der Waals surface area contributed by atoms with Gasteiger partial charge in [-0.3, -0.25) is 4.79 Å². The van der Waals surface area contributed by atoms with E-state index in [9.17, 15) is 4.79 Å². The molecule has 0 bridgehead atoms. The summed E-state index contributed by atoms with van der Waals surface area (Å²) in [5.74, 6) is 0.259. The summed E-state index contributed by atoms with van der Waals surface area (Å²) in [6.45, 7) is 6.78. The number of hydrogen-bond donors (Lipinski definition) is 1. The van der Waals surface area contributed by atoms with Gasteiger partial charge in [-0.25, -0.2) is 0 Å². The molecule has 3 rings (SSSR count). The highest BCUT2D eigenvalue weighted by Gasteiger charge is 2.44. The van der Waals surface area contributed by atoms with Gasteiger partial charge in [-0.05, 0) is 61.7 Å². The Morgan fingerprint density at radius 1 is 1.17 bits per heavy atom. The minimum Gasteiger partial charge on any atom is -0.331 e. The largest absolute Gasteiger partial charge is 0.331 e. The van der Waals surface area contributed by atoms with Crippen molar-refractivity contribution >= 4 is 29.1 Å². The van der Waals surface area contributed by atoms with Crippen LogP contribution in [0.5, 0.6) is 0 Å². The Kier molecular flexibility index (Phi) is 7.99. The number of amides is 1. The van der Waals surface area contributed by atoms with E-state index in [1.165, 1.54) is 0 Å². The first kappa shape index (κ1) is 22.9. The number of carbonyl (C=O) groups is 1. The smallest absolute Gasteiger partial charge is 0.226 e. The van der Waals surface area contributed by atoms with Crippen LogP contribution >= 0.6 is 23.2 Å². The van der Waals surface area contributed by atoms with Gasteiger partial charge in [0.05, 0.1) is 6.04 Å². The van der Waals surface area contributed by atoms with E-state index in [4.69, 9.17) is 23.2 Å². The number of nitrogens with one attached hydrogen (secondary N) is 1. The first-order chi connectivity index (χ1) is 14.5. The number of halogens is 2. The predicted molar refractivity (Wildman–Crippen MR) is 126 cm³/mol. The highest BCUT2D eigenvalue weighted by atomic mass is 35.5. The molecule has 160 valence electrons. The summed E-state index contributed by atoms with van der Waals surface area (Å²) in [7, 11) is 1.93.